The molecule has 0 aliphatic heterocycles. The number of unbranched alkanes of at least 4 members (excludes halogenated alkanes) is 1. The predicted octanol–water partition coefficient (Wildman–Crippen LogP) is 1.66. The molecule has 0 fully saturated rings. The Labute approximate surface area is 81.7 Å². The molecule has 0 radical (unpaired) electrons. The van der Waals surface area contributed by atoms with Gasteiger partial charge in [0.25, 0.3) is 0 Å². The molecule has 0 aliphatic carbocycles. The van der Waals surface area contributed by atoms with Gasteiger partial charge in [0.2, 0.25) is 0 Å². The number of thiol groups is 1. The van der Waals surface area contributed by atoms with Crippen LogP contribution in [0.2, 0.25) is 0 Å². The summed E-state index contributed by atoms with van der Waals surface area (Å²) < 4.78 is 5.25. The smallest absolute Gasteiger partial charge is 0.0593 e. The first-order valence-electron chi connectivity index (χ1n) is 4.68. The normalized spacial score (nSPS) is 11.0. The molecule has 0 rings (SSSR count). The summed E-state index contributed by atoms with van der Waals surface area (Å²) in [5.74, 6) is 0.999. The van der Waals surface area contributed by atoms with Gasteiger partial charge in [0.15, 0.2) is 0 Å². The second kappa shape index (κ2) is 9.36. The molecule has 0 aromatic carbocycles. The summed E-state index contributed by atoms with van der Waals surface area (Å²) in [6.45, 7) is 5.91. The average molecular weight is 191 g/mol. The molecule has 74 valence electrons. The second-order valence-electron chi connectivity index (χ2n) is 2.93. The van der Waals surface area contributed by atoms with Crippen molar-refractivity contribution in [1.82, 2.24) is 4.90 Å². The average Bonchev–Trinajstić information content (AvgIpc) is 2.06. The topological polar surface area (TPSA) is 12.5 Å². The quantitative estimate of drug-likeness (QED) is 0.463. The molecule has 0 saturated heterocycles. The minimum absolute atomic E-state index is 0.824. The van der Waals surface area contributed by atoms with Gasteiger partial charge in [-0.25, -0.2) is 0 Å². The van der Waals surface area contributed by atoms with Gasteiger partial charge in [-0.1, -0.05) is 0 Å². The van der Waals surface area contributed by atoms with Gasteiger partial charge in [-0.15, -0.1) is 0 Å². The van der Waals surface area contributed by atoms with Crippen LogP contribution in [0, 0.1) is 0 Å². The molecule has 12 heavy (non-hydrogen) atoms. The first kappa shape index (κ1) is 12.3. The van der Waals surface area contributed by atoms with E-state index in [-0.39, 0.29) is 0 Å². The fourth-order valence-electron chi connectivity index (χ4n) is 0.970. The van der Waals surface area contributed by atoms with Gasteiger partial charge in [0.05, 0.1) is 6.61 Å². The van der Waals surface area contributed by atoms with E-state index in [1.54, 1.807) is 0 Å². The molecule has 0 unspecified atom stereocenters. The van der Waals surface area contributed by atoms with Crippen LogP contribution in [0.1, 0.15) is 19.8 Å². The Kier molecular flexibility index (Phi) is 9.57. The van der Waals surface area contributed by atoms with Crippen molar-refractivity contribution in [3.05, 3.63) is 0 Å². The van der Waals surface area contributed by atoms with E-state index in [0.29, 0.717) is 0 Å². The Morgan fingerprint density at radius 1 is 1.25 bits per heavy atom. The van der Waals surface area contributed by atoms with E-state index in [0.717, 1.165) is 32.1 Å². The first-order valence-corrected chi connectivity index (χ1v) is 5.31. The van der Waals surface area contributed by atoms with Crippen molar-refractivity contribution in [1.29, 1.82) is 0 Å². The fourth-order valence-corrected chi connectivity index (χ4v) is 1.19. The monoisotopic (exact) mass is 191 g/mol. The molecule has 0 heterocycles. The lowest BCUT2D eigenvalue weighted by molar-refractivity contribution is 0.122. The number of nitrogens with zero attached hydrogens (tertiary/aromatic N) is 1. The van der Waals surface area contributed by atoms with E-state index in [2.05, 4.69) is 24.6 Å². The molecule has 2 nitrogen and oxygen atoms in total. The van der Waals surface area contributed by atoms with Gasteiger partial charge in [-0.3, -0.25) is 0 Å². The van der Waals surface area contributed by atoms with E-state index in [1.807, 2.05) is 6.92 Å². The van der Waals surface area contributed by atoms with Gasteiger partial charge in [0, 0.05) is 13.2 Å². The molecule has 0 aliphatic rings. The van der Waals surface area contributed by atoms with Crippen LogP contribution in [-0.4, -0.2) is 44.0 Å². The highest BCUT2D eigenvalue weighted by Gasteiger charge is 1.96. The van der Waals surface area contributed by atoms with Crippen LogP contribution in [-0.2, 0) is 4.74 Å². The Morgan fingerprint density at radius 3 is 2.58 bits per heavy atom. The third-order valence-electron chi connectivity index (χ3n) is 1.77. The molecule has 0 atom stereocenters. The van der Waals surface area contributed by atoms with Crippen LogP contribution in [0.25, 0.3) is 0 Å². The Hall–Kier alpha value is 0.270. The highest BCUT2D eigenvalue weighted by molar-refractivity contribution is 7.80. The van der Waals surface area contributed by atoms with Gasteiger partial charge < -0.3 is 9.64 Å². The zero-order valence-electron chi connectivity index (χ0n) is 8.25. The summed E-state index contributed by atoms with van der Waals surface area (Å²) in [7, 11) is 2.14. The fraction of sp³-hybridized carbons (Fsp3) is 1.00. The summed E-state index contributed by atoms with van der Waals surface area (Å²) in [5.41, 5.74) is 0. The van der Waals surface area contributed by atoms with E-state index in [4.69, 9.17) is 4.74 Å². The molecule has 0 saturated carbocycles. The Balaban J connectivity index is 3.04. The number of hydrogen-bond donors (Lipinski definition) is 1. The highest BCUT2D eigenvalue weighted by atomic mass is 32.1. The van der Waals surface area contributed by atoms with Gasteiger partial charge in [-0.2, -0.15) is 12.6 Å². The molecule has 0 amide bonds. The molecular formula is C9H21NOS. The Morgan fingerprint density at radius 2 is 2.00 bits per heavy atom. The lowest BCUT2D eigenvalue weighted by Gasteiger charge is -2.15. The first-order chi connectivity index (χ1) is 5.81. The summed E-state index contributed by atoms with van der Waals surface area (Å²) >= 11 is 4.17. The Bertz CT molecular complexity index is 80.6. The highest BCUT2D eigenvalue weighted by Crippen LogP contribution is 1.94. The van der Waals surface area contributed by atoms with Crippen molar-refractivity contribution in [3.63, 3.8) is 0 Å². The minimum atomic E-state index is 0.824. The second-order valence-corrected chi connectivity index (χ2v) is 3.38. The van der Waals surface area contributed by atoms with Crippen molar-refractivity contribution in [2.24, 2.45) is 0 Å². The maximum absolute atomic E-state index is 5.25. The lowest BCUT2D eigenvalue weighted by Crippen LogP contribution is -2.24. The number of ether oxygens (including phenoxy) is 1. The van der Waals surface area contributed by atoms with E-state index < -0.39 is 0 Å². The molecule has 0 spiro atoms. The summed E-state index contributed by atoms with van der Waals surface area (Å²) in [4.78, 5) is 2.30. The number of hydrogen-bond acceptors (Lipinski definition) is 3. The van der Waals surface area contributed by atoms with Crippen LogP contribution in [0.4, 0.5) is 0 Å². The maximum Gasteiger partial charge on any atom is 0.0593 e. The lowest BCUT2D eigenvalue weighted by atomic mass is 10.3. The standard InChI is InChI=1S/C9H21NOS/c1-3-11-8-7-10(2)6-4-5-9-12/h12H,3-9H2,1-2H3. The molecule has 3 heteroatoms. The zero-order chi connectivity index (χ0) is 9.23. The van der Waals surface area contributed by atoms with Crippen LogP contribution in [0.3, 0.4) is 0 Å². The van der Waals surface area contributed by atoms with Crippen LogP contribution < -0.4 is 0 Å². The van der Waals surface area contributed by atoms with Gasteiger partial charge in [0.1, 0.15) is 0 Å². The van der Waals surface area contributed by atoms with Crippen molar-refractivity contribution in [2.45, 2.75) is 19.8 Å². The molecular weight excluding hydrogens is 170 g/mol. The predicted molar refractivity (Wildman–Crippen MR) is 57.1 cm³/mol. The van der Waals surface area contributed by atoms with E-state index in [1.165, 1.54) is 12.8 Å². The van der Waals surface area contributed by atoms with Crippen LogP contribution in [0.5, 0.6) is 0 Å². The number of likely N-dealkylation sites (N-methyl/N-ethyl adjacent to an activating group) is 1. The van der Waals surface area contributed by atoms with Crippen molar-refractivity contribution in [3.8, 4) is 0 Å². The van der Waals surface area contributed by atoms with Crippen LogP contribution in [0.15, 0.2) is 0 Å². The van der Waals surface area contributed by atoms with Crippen molar-refractivity contribution in [2.75, 3.05) is 39.1 Å². The third kappa shape index (κ3) is 8.37. The molecule has 0 N–H and O–H groups in total. The summed E-state index contributed by atoms with van der Waals surface area (Å²) in [6, 6.07) is 0. The number of rotatable bonds is 8. The van der Waals surface area contributed by atoms with Gasteiger partial charge in [-0.05, 0) is 39.1 Å². The van der Waals surface area contributed by atoms with E-state index >= 15 is 0 Å². The molecule has 0 aromatic rings. The summed E-state index contributed by atoms with van der Waals surface area (Å²) in [5, 5.41) is 0. The van der Waals surface area contributed by atoms with E-state index in [9.17, 15) is 0 Å². The third-order valence-corrected chi connectivity index (χ3v) is 2.09. The summed E-state index contributed by atoms with van der Waals surface area (Å²) in [6.07, 6.45) is 2.45. The zero-order valence-corrected chi connectivity index (χ0v) is 9.15. The van der Waals surface area contributed by atoms with Gasteiger partial charge >= 0.3 is 0 Å². The van der Waals surface area contributed by atoms with Crippen molar-refractivity contribution >= 4 is 12.6 Å². The maximum atomic E-state index is 5.25. The SMILES string of the molecule is CCOCCN(C)CCCCS. The largest absolute Gasteiger partial charge is 0.380 e. The van der Waals surface area contributed by atoms with Crippen LogP contribution >= 0.6 is 12.6 Å². The van der Waals surface area contributed by atoms with Crippen molar-refractivity contribution < 1.29 is 4.74 Å². The molecule has 0 aromatic heterocycles. The molecule has 0 bridgehead atoms. The minimum Gasteiger partial charge on any atom is -0.380 e.